The minimum Gasteiger partial charge on any atom is -0.490 e. The van der Waals surface area contributed by atoms with Crippen molar-refractivity contribution in [3.05, 3.63) is 53.1 Å². The molecule has 47 heavy (non-hydrogen) atoms. The van der Waals surface area contributed by atoms with E-state index in [0.717, 1.165) is 51.4 Å². The molecule has 1 saturated carbocycles. The topological polar surface area (TPSA) is 125 Å². The largest absolute Gasteiger partial charge is 0.490 e. The fourth-order valence-corrected chi connectivity index (χ4v) is 7.52. The van der Waals surface area contributed by atoms with Gasteiger partial charge >= 0.3 is 0 Å². The molecule has 12 heteroatoms. The van der Waals surface area contributed by atoms with Crippen LogP contribution in [0.2, 0.25) is 5.02 Å². The number of aliphatic hydroxyl groups is 1. The number of aliphatic hydroxyl groups excluding tert-OH is 1. The van der Waals surface area contributed by atoms with Gasteiger partial charge in [-0.3, -0.25) is 9.59 Å². The second-order valence-electron chi connectivity index (χ2n) is 13.1. The lowest BCUT2D eigenvalue weighted by Gasteiger charge is -2.35. The summed E-state index contributed by atoms with van der Waals surface area (Å²) in [6.07, 6.45) is 6.47. The number of ether oxygens (including phenoxy) is 2. The highest BCUT2D eigenvalue weighted by atomic mass is 35.5. The van der Waals surface area contributed by atoms with Crippen molar-refractivity contribution in [2.45, 2.75) is 95.3 Å². The number of benzene rings is 2. The fourth-order valence-electron chi connectivity index (χ4n) is 6.21. The predicted molar refractivity (Wildman–Crippen MR) is 183 cm³/mol. The molecule has 4 rings (SSSR count). The van der Waals surface area contributed by atoms with Crippen LogP contribution in [0, 0.1) is 11.8 Å². The smallest absolute Gasteiger partial charge is 0.258 e. The Balaban J connectivity index is 1.62. The molecule has 0 unspecified atom stereocenters. The zero-order chi connectivity index (χ0) is 34.1. The summed E-state index contributed by atoms with van der Waals surface area (Å²) < 4.78 is 40.7. The van der Waals surface area contributed by atoms with Crippen LogP contribution in [0.25, 0.3) is 0 Å². The van der Waals surface area contributed by atoms with E-state index in [-0.39, 0.29) is 54.3 Å². The van der Waals surface area contributed by atoms with Crippen molar-refractivity contribution < 1.29 is 32.6 Å². The van der Waals surface area contributed by atoms with Crippen LogP contribution in [0.15, 0.2) is 47.4 Å². The predicted octanol–water partition coefficient (Wildman–Crippen LogP) is 5.98. The number of sulfonamides is 1. The second kappa shape index (κ2) is 17.1. The van der Waals surface area contributed by atoms with Crippen LogP contribution in [-0.2, 0) is 19.6 Å². The highest BCUT2D eigenvalue weighted by Gasteiger charge is 2.33. The van der Waals surface area contributed by atoms with Gasteiger partial charge in [-0.1, -0.05) is 37.8 Å². The van der Waals surface area contributed by atoms with Crippen molar-refractivity contribution in [1.29, 1.82) is 0 Å². The highest BCUT2D eigenvalue weighted by molar-refractivity contribution is 7.89. The highest BCUT2D eigenvalue weighted by Crippen LogP contribution is 2.30. The van der Waals surface area contributed by atoms with Gasteiger partial charge in [0.05, 0.1) is 35.3 Å². The molecule has 2 aromatic rings. The molecule has 0 spiro atoms. The lowest BCUT2D eigenvalue weighted by atomic mass is 9.88. The molecule has 1 aliphatic heterocycles. The van der Waals surface area contributed by atoms with Crippen LogP contribution in [-0.4, -0.2) is 86.1 Å². The summed E-state index contributed by atoms with van der Waals surface area (Å²) in [7, 11) is -2.32. The van der Waals surface area contributed by atoms with Crippen LogP contribution in [0.5, 0.6) is 5.75 Å². The second-order valence-corrected chi connectivity index (χ2v) is 15.6. The van der Waals surface area contributed by atoms with Crippen molar-refractivity contribution in [1.82, 2.24) is 9.21 Å². The first-order valence-corrected chi connectivity index (χ1v) is 18.6. The molecule has 2 aromatic carbocycles. The molecule has 2 amide bonds. The summed E-state index contributed by atoms with van der Waals surface area (Å²) in [5.41, 5.74) is 0.813. The van der Waals surface area contributed by atoms with E-state index >= 15 is 0 Å². The molecular weight excluding hydrogens is 642 g/mol. The van der Waals surface area contributed by atoms with E-state index in [1.165, 1.54) is 35.6 Å². The first kappa shape index (κ1) is 37.1. The van der Waals surface area contributed by atoms with Crippen molar-refractivity contribution in [3.63, 3.8) is 0 Å². The SMILES string of the molecule is C[C@@H]1CCCCO[C@H](CN(C)S(=O)(=O)c2ccc(Cl)cc2)[C@@H](C)CN([C@H](C)CO)C(=O)c2cc(NC(=O)C3CCCCC3)ccc2O1. The Kier molecular flexibility index (Phi) is 13.5. The van der Waals surface area contributed by atoms with E-state index in [1.54, 1.807) is 30.0 Å². The summed E-state index contributed by atoms with van der Waals surface area (Å²) >= 11 is 5.99. The van der Waals surface area contributed by atoms with E-state index in [9.17, 15) is 23.1 Å². The third-order valence-corrected chi connectivity index (χ3v) is 11.3. The van der Waals surface area contributed by atoms with Gasteiger partial charge < -0.3 is 24.8 Å². The number of halogens is 1. The Morgan fingerprint density at radius 3 is 2.43 bits per heavy atom. The number of anilines is 1. The van der Waals surface area contributed by atoms with E-state index in [4.69, 9.17) is 21.1 Å². The molecule has 10 nitrogen and oxygen atoms in total. The monoisotopic (exact) mass is 691 g/mol. The molecule has 1 aliphatic carbocycles. The Bertz CT molecular complexity index is 1450. The molecule has 0 saturated heterocycles. The Morgan fingerprint density at radius 2 is 1.74 bits per heavy atom. The summed E-state index contributed by atoms with van der Waals surface area (Å²) in [6.45, 7) is 6.03. The van der Waals surface area contributed by atoms with Crippen molar-refractivity contribution in [3.8, 4) is 5.75 Å². The number of fused-ring (bicyclic) bond motifs is 1. The summed E-state index contributed by atoms with van der Waals surface area (Å²) in [5.74, 6) is -0.336. The van der Waals surface area contributed by atoms with Gasteiger partial charge in [0.15, 0.2) is 0 Å². The zero-order valence-electron chi connectivity index (χ0n) is 28.0. The van der Waals surface area contributed by atoms with Crippen LogP contribution in [0.3, 0.4) is 0 Å². The van der Waals surface area contributed by atoms with E-state index in [2.05, 4.69) is 5.32 Å². The van der Waals surface area contributed by atoms with Crippen LogP contribution >= 0.6 is 11.6 Å². The number of hydrogen-bond donors (Lipinski definition) is 2. The molecule has 4 atom stereocenters. The fraction of sp³-hybridized carbons (Fsp3) is 0.600. The molecule has 1 heterocycles. The first-order valence-electron chi connectivity index (χ1n) is 16.8. The van der Waals surface area contributed by atoms with Crippen molar-refractivity contribution in [2.24, 2.45) is 11.8 Å². The first-order chi connectivity index (χ1) is 22.4. The lowest BCUT2D eigenvalue weighted by Crippen LogP contribution is -2.48. The minimum atomic E-state index is -3.83. The van der Waals surface area contributed by atoms with Crippen molar-refractivity contribution >= 4 is 39.1 Å². The van der Waals surface area contributed by atoms with E-state index in [0.29, 0.717) is 28.6 Å². The van der Waals surface area contributed by atoms with Gasteiger partial charge in [0.25, 0.3) is 5.91 Å². The maximum atomic E-state index is 14.4. The molecule has 0 aromatic heterocycles. The Morgan fingerprint density at radius 1 is 1.06 bits per heavy atom. The third kappa shape index (κ3) is 9.92. The zero-order valence-corrected chi connectivity index (χ0v) is 29.6. The number of nitrogens with zero attached hydrogens (tertiary/aromatic N) is 2. The summed E-state index contributed by atoms with van der Waals surface area (Å²) in [6, 6.07) is 10.6. The molecular formula is C35H50ClN3O7S. The lowest BCUT2D eigenvalue weighted by molar-refractivity contribution is -0.120. The number of hydrogen-bond acceptors (Lipinski definition) is 7. The normalized spacial score (nSPS) is 23.0. The standard InChI is InChI=1S/C35H50ClN3O7S/c1-24-21-39(25(2)23-40)35(42)31-20-29(37-34(41)27-11-6-5-7-12-27)15-18-32(31)46-26(3)10-8-9-19-45-33(24)22-38(4)47(43,44)30-16-13-28(36)14-17-30/h13-18,20,24-27,33,40H,5-12,19,21-23H2,1-4H3,(H,37,41)/t24-,25+,26+,33+/m0/s1. The number of carbonyl (C=O) groups is 2. The summed E-state index contributed by atoms with van der Waals surface area (Å²) in [4.78, 5) is 29.1. The summed E-state index contributed by atoms with van der Waals surface area (Å²) in [5, 5.41) is 13.7. The number of carbonyl (C=O) groups excluding carboxylic acids is 2. The molecule has 260 valence electrons. The van der Waals surface area contributed by atoms with Gasteiger partial charge in [-0.2, -0.15) is 4.31 Å². The van der Waals surface area contributed by atoms with Crippen LogP contribution < -0.4 is 10.1 Å². The minimum absolute atomic E-state index is 0.0425. The number of likely N-dealkylation sites (N-methyl/N-ethyl adjacent to an activating group) is 1. The third-order valence-electron chi connectivity index (χ3n) is 9.25. The number of amides is 2. The van der Waals surface area contributed by atoms with E-state index < -0.39 is 22.2 Å². The Hall–Kier alpha value is -2.70. The van der Waals surface area contributed by atoms with Gasteiger partial charge in [-0.25, -0.2) is 8.42 Å². The molecule has 2 aliphatic rings. The average molecular weight is 692 g/mol. The van der Waals surface area contributed by atoms with Crippen LogP contribution in [0.4, 0.5) is 5.69 Å². The van der Waals surface area contributed by atoms with Gasteiger partial charge in [-0.05, 0) is 88.4 Å². The maximum absolute atomic E-state index is 14.4. The van der Waals surface area contributed by atoms with Crippen molar-refractivity contribution in [2.75, 3.05) is 38.7 Å². The number of rotatable bonds is 8. The number of nitrogens with one attached hydrogen (secondary N) is 1. The quantitative estimate of drug-likeness (QED) is 0.349. The molecule has 0 bridgehead atoms. The molecule has 2 N–H and O–H groups in total. The maximum Gasteiger partial charge on any atom is 0.258 e. The molecule has 1 fully saturated rings. The molecule has 0 radical (unpaired) electrons. The average Bonchev–Trinajstić information content (AvgIpc) is 3.06. The van der Waals surface area contributed by atoms with Gasteiger partial charge in [0.1, 0.15) is 5.75 Å². The van der Waals surface area contributed by atoms with Gasteiger partial charge in [0.2, 0.25) is 15.9 Å². The van der Waals surface area contributed by atoms with Gasteiger partial charge in [0, 0.05) is 49.3 Å². The Labute approximate surface area is 284 Å². The van der Waals surface area contributed by atoms with Gasteiger partial charge in [-0.15, -0.1) is 0 Å². The van der Waals surface area contributed by atoms with E-state index in [1.807, 2.05) is 13.8 Å². The van der Waals surface area contributed by atoms with Crippen LogP contribution in [0.1, 0.15) is 82.5 Å².